The summed E-state index contributed by atoms with van der Waals surface area (Å²) in [7, 11) is 3.12. The van der Waals surface area contributed by atoms with Gasteiger partial charge in [0, 0.05) is 12.5 Å². The highest BCUT2D eigenvalue weighted by molar-refractivity contribution is 6.32. The van der Waals surface area contributed by atoms with Crippen LogP contribution in [-0.2, 0) is 0 Å². The molecule has 5 heteroatoms. The van der Waals surface area contributed by atoms with E-state index < -0.39 is 0 Å². The summed E-state index contributed by atoms with van der Waals surface area (Å²) in [6, 6.07) is 3.67. The molecule has 1 aromatic rings. The van der Waals surface area contributed by atoms with Crippen molar-refractivity contribution in [2.45, 2.75) is 25.3 Å². The molecule has 0 bridgehead atoms. The SMILES string of the molecule is C#CCCCC(NN)c1cc(Cl)c(OC)c(OC)c1. The summed E-state index contributed by atoms with van der Waals surface area (Å²) < 4.78 is 10.5. The number of unbranched alkanes of at least 4 members (excludes halogenated alkanes) is 1. The van der Waals surface area contributed by atoms with Crippen molar-refractivity contribution in [2.24, 2.45) is 5.84 Å². The van der Waals surface area contributed by atoms with Crippen LogP contribution in [0.2, 0.25) is 5.02 Å². The molecule has 1 atom stereocenters. The topological polar surface area (TPSA) is 56.5 Å². The molecule has 1 aromatic carbocycles. The predicted octanol–water partition coefficient (Wildman–Crippen LogP) is 2.67. The molecule has 4 nitrogen and oxygen atoms in total. The number of rotatable bonds is 7. The summed E-state index contributed by atoms with van der Waals surface area (Å²) in [4.78, 5) is 0. The van der Waals surface area contributed by atoms with Crippen LogP contribution in [0.1, 0.15) is 30.9 Å². The first kappa shape index (κ1) is 15.6. The highest BCUT2D eigenvalue weighted by atomic mass is 35.5. The van der Waals surface area contributed by atoms with Gasteiger partial charge in [0.05, 0.1) is 19.2 Å². The second-order valence-corrected chi connectivity index (χ2v) is 4.46. The van der Waals surface area contributed by atoms with Crippen molar-refractivity contribution in [3.05, 3.63) is 22.7 Å². The molecule has 1 unspecified atom stereocenters. The van der Waals surface area contributed by atoms with E-state index in [1.54, 1.807) is 14.2 Å². The fraction of sp³-hybridized carbons (Fsp3) is 0.429. The zero-order valence-corrected chi connectivity index (χ0v) is 12.0. The van der Waals surface area contributed by atoms with Crippen molar-refractivity contribution in [3.63, 3.8) is 0 Å². The van der Waals surface area contributed by atoms with Crippen LogP contribution in [0.3, 0.4) is 0 Å². The maximum Gasteiger partial charge on any atom is 0.179 e. The van der Waals surface area contributed by atoms with E-state index in [0.29, 0.717) is 16.5 Å². The number of methoxy groups -OCH3 is 2. The molecule has 0 aliphatic heterocycles. The smallest absolute Gasteiger partial charge is 0.179 e. The molecule has 0 aromatic heterocycles. The lowest BCUT2D eigenvalue weighted by Crippen LogP contribution is -2.28. The molecule has 0 amide bonds. The quantitative estimate of drug-likeness (QED) is 0.349. The first-order chi connectivity index (χ1) is 9.17. The van der Waals surface area contributed by atoms with E-state index in [1.807, 2.05) is 12.1 Å². The van der Waals surface area contributed by atoms with E-state index >= 15 is 0 Å². The van der Waals surface area contributed by atoms with Crippen molar-refractivity contribution in [1.29, 1.82) is 0 Å². The van der Waals surface area contributed by atoms with Crippen LogP contribution in [-0.4, -0.2) is 14.2 Å². The Kier molecular flexibility index (Phi) is 6.51. The van der Waals surface area contributed by atoms with Crippen molar-refractivity contribution in [3.8, 4) is 23.8 Å². The van der Waals surface area contributed by atoms with Gasteiger partial charge in [-0.15, -0.1) is 12.3 Å². The van der Waals surface area contributed by atoms with Crippen LogP contribution >= 0.6 is 11.6 Å². The molecule has 0 spiro atoms. The van der Waals surface area contributed by atoms with Gasteiger partial charge in [0.1, 0.15) is 0 Å². The van der Waals surface area contributed by atoms with Crippen LogP contribution in [0, 0.1) is 12.3 Å². The summed E-state index contributed by atoms with van der Waals surface area (Å²) in [5.74, 6) is 9.30. The first-order valence-corrected chi connectivity index (χ1v) is 6.36. The number of nitrogens with two attached hydrogens (primary N) is 1. The first-order valence-electron chi connectivity index (χ1n) is 5.98. The van der Waals surface area contributed by atoms with E-state index in [0.717, 1.165) is 24.8 Å². The van der Waals surface area contributed by atoms with Gasteiger partial charge in [-0.05, 0) is 30.5 Å². The molecule has 3 N–H and O–H groups in total. The van der Waals surface area contributed by atoms with Crippen LogP contribution in [0.15, 0.2) is 12.1 Å². The number of halogens is 1. The maximum atomic E-state index is 6.17. The molecule has 104 valence electrons. The van der Waals surface area contributed by atoms with Crippen LogP contribution in [0.25, 0.3) is 0 Å². The highest BCUT2D eigenvalue weighted by Gasteiger charge is 2.16. The standard InChI is InChI=1S/C14H19ClN2O2/c1-4-5-6-7-12(17-16)10-8-11(15)14(19-3)13(9-10)18-2/h1,8-9,12,17H,5-7,16H2,2-3H3. The average Bonchev–Trinajstić information content (AvgIpc) is 2.42. The van der Waals surface area contributed by atoms with Crippen LogP contribution in [0.4, 0.5) is 0 Å². The number of nitrogens with one attached hydrogen (secondary N) is 1. The van der Waals surface area contributed by atoms with Gasteiger partial charge in [0.15, 0.2) is 11.5 Å². The molecular formula is C14H19ClN2O2. The van der Waals surface area contributed by atoms with Crippen LogP contribution in [0.5, 0.6) is 11.5 Å². The Balaban J connectivity index is 2.98. The Morgan fingerprint density at radius 1 is 1.42 bits per heavy atom. The van der Waals surface area contributed by atoms with Crippen molar-refractivity contribution in [2.75, 3.05) is 14.2 Å². The molecule has 0 aliphatic rings. The molecule has 0 aliphatic carbocycles. The second kappa shape index (κ2) is 7.90. The summed E-state index contributed by atoms with van der Waals surface area (Å²) >= 11 is 6.17. The Hall–Kier alpha value is -1.41. The van der Waals surface area contributed by atoms with Gasteiger partial charge in [-0.25, -0.2) is 0 Å². The molecule has 0 radical (unpaired) electrons. The van der Waals surface area contributed by atoms with E-state index in [4.69, 9.17) is 33.3 Å². The van der Waals surface area contributed by atoms with Gasteiger partial charge in [-0.1, -0.05) is 11.6 Å². The lowest BCUT2D eigenvalue weighted by molar-refractivity contribution is 0.353. The molecule has 1 rings (SSSR count). The zero-order chi connectivity index (χ0) is 14.3. The van der Waals surface area contributed by atoms with Crippen molar-refractivity contribution >= 4 is 11.6 Å². The molecular weight excluding hydrogens is 264 g/mol. The largest absolute Gasteiger partial charge is 0.493 e. The maximum absolute atomic E-state index is 6.17. The third-order valence-corrected chi connectivity index (χ3v) is 3.15. The third-order valence-electron chi connectivity index (χ3n) is 2.87. The monoisotopic (exact) mass is 282 g/mol. The summed E-state index contributed by atoms with van der Waals surface area (Å²) in [6.45, 7) is 0. The third kappa shape index (κ3) is 4.03. The van der Waals surface area contributed by atoms with E-state index in [1.165, 1.54) is 0 Å². The molecule has 0 fully saturated rings. The fourth-order valence-corrected chi connectivity index (χ4v) is 2.19. The Labute approximate surface area is 119 Å². The Morgan fingerprint density at radius 2 is 2.16 bits per heavy atom. The van der Waals surface area contributed by atoms with Gasteiger partial charge >= 0.3 is 0 Å². The summed E-state index contributed by atoms with van der Waals surface area (Å²) in [5.41, 5.74) is 3.72. The average molecular weight is 283 g/mol. The van der Waals surface area contributed by atoms with E-state index in [-0.39, 0.29) is 6.04 Å². The number of benzene rings is 1. The summed E-state index contributed by atoms with van der Waals surface area (Å²) in [5, 5.41) is 0.494. The highest BCUT2D eigenvalue weighted by Crippen LogP contribution is 2.38. The number of hydrogen-bond donors (Lipinski definition) is 2. The minimum absolute atomic E-state index is 0.0225. The Bertz CT molecular complexity index is 457. The van der Waals surface area contributed by atoms with Gasteiger partial charge in [0.2, 0.25) is 0 Å². The van der Waals surface area contributed by atoms with Crippen molar-refractivity contribution in [1.82, 2.24) is 5.43 Å². The van der Waals surface area contributed by atoms with E-state index in [9.17, 15) is 0 Å². The van der Waals surface area contributed by atoms with Crippen LogP contribution < -0.4 is 20.7 Å². The molecule has 19 heavy (non-hydrogen) atoms. The van der Waals surface area contributed by atoms with E-state index in [2.05, 4.69) is 11.3 Å². The summed E-state index contributed by atoms with van der Waals surface area (Å²) in [6.07, 6.45) is 7.68. The number of terminal acetylenes is 1. The van der Waals surface area contributed by atoms with Gasteiger partial charge < -0.3 is 9.47 Å². The molecule has 0 saturated carbocycles. The van der Waals surface area contributed by atoms with Gasteiger partial charge in [-0.2, -0.15) is 0 Å². The Morgan fingerprint density at radius 3 is 2.68 bits per heavy atom. The second-order valence-electron chi connectivity index (χ2n) is 4.05. The lowest BCUT2D eigenvalue weighted by Gasteiger charge is -2.18. The number of hydrazine groups is 1. The fourth-order valence-electron chi connectivity index (χ4n) is 1.89. The molecule has 0 saturated heterocycles. The van der Waals surface area contributed by atoms with Gasteiger partial charge in [0.25, 0.3) is 0 Å². The normalized spacial score (nSPS) is 11.7. The lowest BCUT2D eigenvalue weighted by atomic mass is 10.0. The molecule has 0 heterocycles. The zero-order valence-electron chi connectivity index (χ0n) is 11.2. The van der Waals surface area contributed by atoms with Crippen molar-refractivity contribution < 1.29 is 9.47 Å². The number of hydrogen-bond acceptors (Lipinski definition) is 4. The minimum Gasteiger partial charge on any atom is -0.493 e. The minimum atomic E-state index is -0.0225. The van der Waals surface area contributed by atoms with Gasteiger partial charge in [-0.3, -0.25) is 11.3 Å². The number of ether oxygens (including phenoxy) is 2. The predicted molar refractivity (Wildman–Crippen MR) is 77.3 cm³/mol.